The highest BCUT2D eigenvalue weighted by atomic mass is 19.1. The Morgan fingerprint density at radius 3 is 2.89 bits per heavy atom. The van der Waals surface area contributed by atoms with Crippen LogP contribution in [0, 0.1) is 11.6 Å². The van der Waals surface area contributed by atoms with E-state index in [9.17, 15) is 13.6 Å². The van der Waals surface area contributed by atoms with Crippen molar-refractivity contribution >= 4 is 11.8 Å². The van der Waals surface area contributed by atoms with Crippen LogP contribution in [0.1, 0.15) is 24.5 Å². The van der Waals surface area contributed by atoms with Crippen LogP contribution in [0.3, 0.4) is 0 Å². The number of hydrogen-bond acceptors (Lipinski definition) is 4. The molecule has 0 spiro atoms. The lowest BCUT2D eigenvalue weighted by Crippen LogP contribution is -2.64. The van der Waals surface area contributed by atoms with Gasteiger partial charge in [-0.2, -0.15) is 0 Å². The quantitative estimate of drug-likeness (QED) is 0.845. The van der Waals surface area contributed by atoms with Gasteiger partial charge >= 0.3 is 0 Å². The van der Waals surface area contributed by atoms with E-state index in [1.807, 2.05) is 12.3 Å². The van der Waals surface area contributed by atoms with Crippen LogP contribution in [0.15, 0.2) is 29.2 Å². The Balaban J connectivity index is 1.40. The number of rotatable bonds is 4. The van der Waals surface area contributed by atoms with Gasteiger partial charge in [-0.05, 0) is 25.5 Å². The number of nitrogens with one attached hydrogen (secondary N) is 1. The third-order valence-electron chi connectivity index (χ3n) is 5.82. The van der Waals surface area contributed by atoms with E-state index in [1.165, 1.54) is 12.1 Å². The minimum Gasteiger partial charge on any atom is -0.356 e. The summed E-state index contributed by atoms with van der Waals surface area (Å²) in [5.74, 6) is -1.19. The minimum atomic E-state index is -0.600. The van der Waals surface area contributed by atoms with Crippen molar-refractivity contribution in [3.8, 4) is 0 Å². The van der Waals surface area contributed by atoms with Crippen molar-refractivity contribution in [2.75, 3.05) is 6.61 Å². The summed E-state index contributed by atoms with van der Waals surface area (Å²) in [6, 6.07) is 3.91. The standard InChI is InChI=1S/C21H21F2N3O2/c1-12-4-5-28-19-11-25-10-14(21(27)16-7-18(20(16)25)26(12)19)9-24-8-13-2-3-15(22)6-17(13)23/h2-3,6-7,10,12,19,24H,4-5,8-9,11H2,1H3. The Morgan fingerprint density at radius 2 is 2.07 bits per heavy atom. The van der Waals surface area contributed by atoms with Crippen molar-refractivity contribution in [2.45, 2.75) is 45.2 Å². The second-order valence-corrected chi connectivity index (χ2v) is 7.64. The Labute approximate surface area is 160 Å². The van der Waals surface area contributed by atoms with Gasteiger partial charge in [-0.25, -0.2) is 8.78 Å². The lowest BCUT2D eigenvalue weighted by atomic mass is 10.00. The zero-order valence-corrected chi connectivity index (χ0v) is 15.5. The maximum Gasteiger partial charge on any atom is 0.194 e. The van der Waals surface area contributed by atoms with Crippen molar-refractivity contribution in [3.05, 3.63) is 67.9 Å². The molecule has 0 radical (unpaired) electrons. The molecule has 28 heavy (non-hydrogen) atoms. The monoisotopic (exact) mass is 385 g/mol. The first-order chi connectivity index (χ1) is 13.5. The van der Waals surface area contributed by atoms with Gasteiger partial charge in [0.15, 0.2) is 5.43 Å². The lowest BCUT2D eigenvalue weighted by molar-refractivity contribution is -0.101. The van der Waals surface area contributed by atoms with Crippen LogP contribution < -0.4 is 21.3 Å². The average Bonchev–Trinajstić information content (AvgIpc) is 2.62. The maximum absolute atomic E-state index is 13.8. The maximum atomic E-state index is 13.8. The van der Waals surface area contributed by atoms with Crippen molar-refractivity contribution in [2.24, 2.45) is 0 Å². The fraction of sp³-hybridized carbons (Fsp3) is 0.381. The molecule has 2 aromatic rings. The summed E-state index contributed by atoms with van der Waals surface area (Å²) in [6.07, 6.45) is 4.80. The minimum absolute atomic E-state index is 0.00566. The molecule has 3 aliphatic rings. The number of fused-ring (bicyclic) bond motifs is 2. The first kappa shape index (κ1) is 17.6. The summed E-state index contributed by atoms with van der Waals surface area (Å²) in [5, 5.41) is 4.82. The van der Waals surface area contributed by atoms with Gasteiger partial charge in [0, 0.05) is 42.5 Å². The van der Waals surface area contributed by atoms with E-state index in [4.69, 9.17) is 4.74 Å². The number of pyridine rings is 1. The molecule has 5 rings (SSSR count). The fourth-order valence-corrected chi connectivity index (χ4v) is 4.34. The van der Waals surface area contributed by atoms with E-state index in [0.29, 0.717) is 30.3 Å². The van der Waals surface area contributed by atoms with Gasteiger partial charge in [0.05, 0.1) is 29.4 Å². The van der Waals surface area contributed by atoms with E-state index < -0.39 is 11.6 Å². The van der Waals surface area contributed by atoms with Crippen molar-refractivity contribution in [1.82, 2.24) is 14.8 Å². The molecule has 146 valence electrons. The zero-order valence-electron chi connectivity index (χ0n) is 15.5. The van der Waals surface area contributed by atoms with E-state index in [1.54, 1.807) is 0 Å². The van der Waals surface area contributed by atoms with E-state index >= 15 is 0 Å². The number of halogens is 2. The van der Waals surface area contributed by atoms with Gasteiger partial charge in [0.25, 0.3) is 0 Å². The van der Waals surface area contributed by atoms with Gasteiger partial charge in [0.1, 0.15) is 17.9 Å². The predicted molar refractivity (Wildman–Crippen MR) is 100 cm³/mol. The summed E-state index contributed by atoms with van der Waals surface area (Å²) in [4.78, 5) is 15.1. The highest BCUT2D eigenvalue weighted by molar-refractivity contribution is 5.81. The molecule has 1 N–H and O–H groups in total. The molecule has 0 bridgehead atoms. The van der Waals surface area contributed by atoms with Gasteiger partial charge < -0.3 is 19.5 Å². The molecular weight excluding hydrogens is 364 g/mol. The van der Waals surface area contributed by atoms with E-state index in [0.717, 1.165) is 35.4 Å². The molecule has 1 fully saturated rings. The first-order valence-corrected chi connectivity index (χ1v) is 9.56. The molecule has 5 nitrogen and oxygen atoms in total. The van der Waals surface area contributed by atoms with E-state index in [-0.39, 0.29) is 18.2 Å². The molecular formula is C21H21F2N3O2. The summed E-state index contributed by atoms with van der Waals surface area (Å²) in [7, 11) is 0. The molecule has 2 unspecified atom stereocenters. The topological polar surface area (TPSA) is 46.5 Å². The molecule has 7 heteroatoms. The number of aromatic nitrogens is 1. The van der Waals surface area contributed by atoms with Crippen LogP contribution >= 0.6 is 0 Å². The summed E-state index contributed by atoms with van der Waals surface area (Å²) in [5.41, 5.74) is 2.10. The zero-order chi connectivity index (χ0) is 19.4. The highest BCUT2D eigenvalue weighted by Gasteiger charge is 2.36. The van der Waals surface area contributed by atoms with Crippen LogP contribution in [-0.2, 0) is 24.4 Å². The first-order valence-electron chi connectivity index (χ1n) is 9.56. The molecule has 1 aromatic heterocycles. The van der Waals surface area contributed by atoms with E-state index in [2.05, 4.69) is 21.7 Å². The second kappa shape index (κ2) is 6.53. The van der Waals surface area contributed by atoms with Crippen LogP contribution in [0.25, 0.3) is 11.8 Å². The molecule has 0 saturated carbocycles. The van der Waals surface area contributed by atoms with Crippen LogP contribution in [0.5, 0.6) is 0 Å². The van der Waals surface area contributed by atoms with Crippen molar-refractivity contribution in [1.29, 1.82) is 0 Å². The third kappa shape index (κ3) is 2.69. The molecule has 2 aliphatic heterocycles. The molecule has 1 aliphatic carbocycles. The normalized spacial score (nSPS) is 22.2. The Morgan fingerprint density at radius 1 is 1.25 bits per heavy atom. The largest absolute Gasteiger partial charge is 0.356 e. The molecule has 0 amide bonds. The Hall–Kier alpha value is -2.51. The molecule has 1 saturated heterocycles. The highest BCUT2D eigenvalue weighted by Crippen LogP contribution is 2.27. The lowest BCUT2D eigenvalue weighted by Gasteiger charge is -2.47. The number of hydrogen-bond donors (Lipinski definition) is 1. The average molecular weight is 385 g/mol. The SMILES string of the molecule is CC1CCOC2Cn3cc(CNCc4ccc(F)cc4F)c(=O)c4c3=C(C=4)N12. The van der Waals surface area contributed by atoms with Gasteiger partial charge in [-0.3, -0.25) is 4.79 Å². The second-order valence-electron chi connectivity index (χ2n) is 7.64. The molecule has 2 atom stereocenters. The number of nitrogens with zero attached hydrogens (tertiary/aromatic N) is 2. The van der Waals surface area contributed by atoms with Crippen LogP contribution in [0.4, 0.5) is 8.78 Å². The van der Waals surface area contributed by atoms with Gasteiger partial charge in [-0.15, -0.1) is 0 Å². The van der Waals surface area contributed by atoms with Crippen molar-refractivity contribution < 1.29 is 13.5 Å². The van der Waals surface area contributed by atoms with Crippen molar-refractivity contribution in [3.63, 3.8) is 0 Å². The Kier molecular flexibility index (Phi) is 4.10. The number of ether oxygens (including phenoxy) is 1. The van der Waals surface area contributed by atoms with Gasteiger partial charge in [0.2, 0.25) is 0 Å². The van der Waals surface area contributed by atoms with Crippen LogP contribution in [0.2, 0.25) is 0 Å². The molecule has 1 aromatic carbocycles. The third-order valence-corrected chi connectivity index (χ3v) is 5.82. The Bertz CT molecular complexity index is 1140. The smallest absolute Gasteiger partial charge is 0.194 e. The van der Waals surface area contributed by atoms with Crippen LogP contribution in [-0.4, -0.2) is 28.3 Å². The summed E-state index contributed by atoms with van der Waals surface area (Å²) >= 11 is 0. The predicted octanol–water partition coefficient (Wildman–Crippen LogP) is 0.769. The summed E-state index contributed by atoms with van der Waals surface area (Å²) < 4.78 is 34.8. The summed E-state index contributed by atoms with van der Waals surface area (Å²) in [6.45, 7) is 4.16. The fourth-order valence-electron chi connectivity index (χ4n) is 4.34. The number of benzene rings is 1. The van der Waals surface area contributed by atoms with Gasteiger partial charge in [-0.1, -0.05) is 6.07 Å². The molecule has 3 heterocycles.